The summed E-state index contributed by atoms with van der Waals surface area (Å²) in [5.74, 6) is 1.05. The van der Waals surface area contributed by atoms with Gasteiger partial charge in [0, 0.05) is 44.4 Å². The van der Waals surface area contributed by atoms with Gasteiger partial charge in [0.05, 0.1) is 6.42 Å². The van der Waals surface area contributed by atoms with Gasteiger partial charge in [-0.1, -0.05) is 12.1 Å². The molecule has 1 fully saturated rings. The molecule has 1 saturated heterocycles. The zero-order valence-corrected chi connectivity index (χ0v) is 18.7. The van der Waals surface area contributed by atoms with Crippen LogP contribution in [0.1, 0.15) is 15.2 Å². The molecule has 1 aliphatic rings. The van der Waals surface area contributed by atoms with E-state index in [0.29, 0.717) is 18.8 Å². The number of nitrogens with one attached hydrogen (secondary N) is 1. The molecule has 0 radical (unpaired) electrons. The molecule has 2 aromatic rings. The van der Waals surface area contributed by atoms with Crippen molar-refractivity contribution in [3.8, 4) is 0 Å². The van der Waals surface area contributed by atoms with Crippen LogP contribution in [-0.2, 0) is 21.2 Å². The number of thiophene rings is 1. The first kappa shape index (κ1) is 21.8. The van der Waals surface area contributed by atoms with Crippen LogP contribution in [0.5, 0.6) is 0 Å². The van der Waals surface area contributed by atoms with Gasteiger partial charge in [0.2, 0.25) is 15.9 Å². The smallest absolute Gasteiger partial charge is 0.267 e. The second-order valence-electron chi connectivity index (χ2n) is 6.75. The van der Waals surface area contributed by atoms with E-state index in [1.165, 1.54) is 15.3 Å². The van der Waals surface area contributed by atoms with Crippen molar-refractivity contribution >= 4 is 50.6 Å². The molecule has 2 heterocycles. The lowest BCUT2D eigenvalue weighted by Gasteiger charge is -2.25. The SMILES string of the molecule is CN(C)C(=O)Cc1ccc(NC(=O)c2sccc2S(=O)(=O)N2CCSCC2)cc1. The van der Waals surface area contributed by atoms with E-state index >= 15 is 0 Å². The van der Waals surface area contributed by atoms with Crippen LogP contribution in [0.2, 0.25) is 0 Å². The van der Waals surface area contributed by atoms with Crippen LogP contribution < -0.4 is 5.32 Å². The highest BCUT2D eigenvalue weighted by atomic mass is 32.2. The molecule has 0 atom stereocenters. The van der Waals surface area contributed by atoms with E-state index in [0.717, 1.165) is 28.4 Å². The molecule has 10 heteroatoms. The summed E-state index contributed by atoms with van der Waals surface area (Å²) in [6.07, 6.45) is 0.280. The molecule has 1 N–H and O–H groups in total. The first-order chi connectivity index (χ1) is 13.8. The molecule has 7 nitrogen and oxygen atoms in total. The van der Waals surface area contributed by atoms with Crippen molar-refractivity contribution in [2.45, 2.75) is 11.3 Å². The Balaban J connectivity index is 1.72. The molecular formula is C19H23N3O4S3. The largest absolute Gasteiger partial charge is 0.349 e. The van der Waals surface area contributed by atoms with E-state index in [-0.39, 0.29) is 22.1 Å². The molecule has 1 aliphatic heterocycles. The summed E-state index contributed by atoms with van der Waals surface area (Å²) in [7, 11) is -0.286. The van der Waals surface area contributed by atoms with E-state index in [1.54, 1.807) is 55.5 Å². The number of hydrogen-bond donors (Lipinski definition) is 1. The predicted octanol–water partition coefficient (Wildman–Crippen LogP) is 2.37. The van der Waals surface area contributed by atoms with Gasteiger partial charge in [-0.2, -0.15) is 16.1 Å². The Labute approximate surface area is 179 Å². The molecule has 0 unspecified atom stereocenters. The van der Waals surface area contributed by atoms with Gasteiger partial charge in [0.1, 0.15) is 9.77 Å². The number of carbonyl (C=O) groups excluding carboxylic acids is 2. The minimum Gasteiger partial charge on any atom is -0.349 e. The standard InChI is InChI=1S/C19H23N3O4S3/c1-21(2)17(23)13-14-3-5-15(6-4-14)20-19(24)18-16(7-10-28-18)29(25,26)22-8-11-27-12-9-22/h3-7,10H,8-9,11-13H2,1-2H3,(H,20,24). The summed E-state index contributed by atoms with van der Waals surface area (Å²) in [5.41, 5.74) is 1.38. The maximum absolute atomic E-state index is 12.9. The van der Waals surface area contributed by atoms with Crippen molar-refractivity contribution in [3.63, 3.8) is 0 Å². The monoisotopic (exact) mass is 453 g/mol. The number of thioether (sulfide) groups is 1. The van der Waals surface area contributed by atoms with Crippen molar-refractivity contribution in [2.24, 2.45) is 0 Å². The van der Waals surface area contributed by atoms with Gasteiger partial charge in [-0.15, -0.1) is 11.3 Å². The third kappa shape index (κ3) is 5.19. The summed E-state index contributed by atoms with van der Waals surface area (Å²) >= 11 is 2.83. The Morgan fingerprint density at radius 2 is 1.76 bits per heavy atom. The highest BCUT2D eigenvalue weighted by Gasteiger charge is 2.31. The van der Waals surface area contributed by atoms with Gasteiger partial charge in [0.15, 0.2) is 0 Å². The maximum atomic E-state index is 12.9. The molecule has 29 heavy (non-hydrogen) atoms. The summed E-state index contributed by atoms with van der Waals surface area (Å²) in [5, 5.41) is 4.37. The average Bonchev–Trinajstić information content (AvgIpc) is 3.21. The van der Waals surface area contributed by atoms with Crippen LogP contribution in [0, 0.1) is 0 Å². The quantitative estimate of drug-likeness (QED) is 0.726. The third-order valence-electron chi connectivity index (χ3n) is 4.49. The summed E-state index contributed by atoms with van der Waals surface area (Å²) in [4.78, 5) is 26.3. The predicted molar refractivity (Wildman–Crippen MR) is 117 cm³/mol. The van der Waals surface area contributed by atoms with Gasteiger partial charge < -0.3 is 10.2 Å². The Morgan fingerprint density at radius 1 is 1.10 bits per heavy atom. The van der Waals surface area contributed by atoms with Crippen LogP contribution in [0.15, 0.2) is 40.6 Å². The highest BCUT2D eigenvalue weighted by Crippen LogP contribution is 2.28. The molecule has 156 valence electrons. The molecule has 0 spiro atoms. The Hall–Kier alpha value is -1.88. The number of carbonyl (C=O) groups is 2. The average molecular weight is 454 g/mol. The van der Waals surface area contributed by atoms with Crippen molar-refractivity contribution in [1.29, 1.82) is 0 Å². The minimum absolute atomic E-state index is 0.00803. The fourth-order valence-corrected chi connectivity index (χ4v) is 6.69. The Bertz CT molecular complexity index is 978. The molecule has 0 saturated carbocycles. The second kappa shape index (κ2) is 9.29. The fourth-order valence-electron chi connectivity index (χ4n) is 2.82. The van der Waals surface area contributed by atoms with E-state index in [1.807, 2.05) is 0 Å². The molecule has 3 rings (SSSR count). The van der Waals surface area contributed by atoms with Crippen molar-refractivity contribution in [2.75, 3.05) is 44.0 Å². The molecule has 1 aromatic heterocycles. The number of hydrogen-bond acceptors (Lipinski definition) is 6. The van der Waals surface area contributed by atoms with Gasteiger partial charge >= 0.3 is 0 Å². The third-order valence-corrected chi connectivity index (χ3v) is 8.42. The van der Waals surface area contributed by atoms with Crippen LogP contribution in [0.4, 0.5) is 5.69 Å². The van der Waals surface area contributed by atoms with E-state index < -0.39 is 15.9 Å². The topological polar surface area (TPSA) is 86.8 Å². The number of rotatable bonds is 6. The van der Waals surface area contributed by atoms with Gasteiger partial charge in [-0.25, -0.2) is 8.42 Å². The molecule has 0 aliphatic carbocycles. The van der Waals surface area contributed by atoms with Crippen LogP contribution >= 0.6 is 23.1 Å². The number of likely N-dealkylation sites (N-methyl/N-ethyl adjacent to an activating group) is 1. The Kier molecular flexibility index (Phi) is 6.99. The lowest BCUT2D eigenvalue weighted by Crippen LogP contribution is -2.38. The van der Waals surface area contributed by atoms with Crippen molar-refractivity contribution in [3.05, 3.63) is 46.2 Å². The molecule has 0 bridgehead atoms. The Morgan fingerprint density at radius 3 is 2.38 bits per heavy atom. The number of benzene rings is 1. The minimum atomic E-state index is -3.69. The lowest BCUT2D eigenvalue weighted by atomic mass is 10.1. The van der Waals surface area contributed by atoms with Crippen LogP contribution in [-0.4, -0.2) is 68.1 Å². The lowest BCUT2D eigenvalue weighted by molar-refractivity contribution is -0.127. The zero-order valence-electron chi connectivity index (χ0n) is 16.3. The van der Waals surface area contributed by atoms with Crippen molar-refractivity contribution < 1.29 is 18.0 Å². The molecular weight excluding hydrogens is 430 g/mol. The van der Waals surface area contributed by atoms with Crippen molar-refractivity contribution in [1.82, 2.24) is 9.21 Å². The maximum Gasteiger partial charge on any atom is 0.267 e. The number of amides is 2. The van der Waals surface area contributed by atoms with Crippen LogP contribution in [0.3, 0.4) is 0 Å². The first-order valence-corrected chi connectivity index (χ1v) is 12.5. The van der Waals surface area contributed by atoms with Gasteiger partial charge in [-0.3, -0.25) is 9.59 Å². The second-order valence-corrected chi connectivity index (χ2v) is 10.8. The summed E-state index contributed by atoms with van der Waals surface area (Å²) in [6.45, 7) is 0.911. The summed E-state index contributed by atoms with van der Waals surface area (Å²) < 4.78 is 27.3. The summed E-state index contributed by atoms with van der Waals surface area (Å²) in [6, 6.07) is 8.45. The normalized spacial score (nSPS) is 15.1. The fraction of sp³-hybridized carbons (Fsp3) is 0.368. The van der Waals surface area contributed by atoms with Gasteiger partial charge in [-0.05, 0) is 29.1 Å². The number of anilines is 1. The van der Waals surface area contributed by atoms with Crippen LogP contribution in [0.25, 0.3) is 0 Å². The van der Waals surface area contributed by atoms with E-state index in [9.17, 15) is 18.0 Å². The zero-order chi connectivity index (χ0) is 21.0. The highest BCUT2D eigenvalue weighted by molar-refractivity contribution is 7.99. The number of nitrogens with zero attached hydrogens (tertiary/aromatic N) is 2. The van der Waals surface area contributed by atoms with Gasteiger partial charge in [0.25, 0.3) is 5.91 Å². The number of sulfonamides is 1. The molecule has 2 amide bonds. The van der Waals surface area contributed by atoms with E-state index in [4.69, 9.17) is 0 Å². The first-order valence-electron chi connectivity index (χ1n) is 9.05. The van der Waals surface area contributed by atoms with E-state index in [2.05, 4.69) is 5.32 Å². The molecule has 1 aromatic carbocycles.